The van der Waals surface area contributed by atoms with Gasteiger partial charge in [-0.05, 0) is 73.6 Å². The van der Waals surface area contributed by atoms with Crippen LogP contribution in [0.3, 0.4) is 0 Å². The number of carbonyl (C=O) groups excluding carboxylic acids is 1. The molecule has 1 atom stereocenters. The SMILES string of the molecule is CC[C@@H](Oc1ccc2c(c1)CCCC2)C(=O)Nc1cccc(C(F)(F)F)c1. The van der Waals surface area contributed by atoms with Crippen molar-refractivity contribution >= 4 is 11.6 Å². The van der Waals surface area contributed by atoms with Crippen molar-refractivity contribution in [3.63, 3.8) is 0 Å². The number of amides is 1. The van der Waals surface area contributed by atoms with Crippen LogP contribution in [0.4, 0.5) is 18.9 Å². The molecule has 0 spiro atoms. The molecule has 1 amide bonds. The van der Waals surface area contributed by atoms with Crippen LogP contribution in [0, 0.1) is 0 Å². The molecule has 1 aliphatic carbocycles. The molecule has 2 aromatic carbocycles. The number of aryl methyl sites for hydroxylation is 2. The number of alkyl halides is 3. The van der Waals surface area contributed by atoms with E-state index < -0.39 is 23.8 Å². The van der Waals surface area contributed by atoms with Gasteiger partial charge in [-0.15, -0.1) is 0 Å². The molecule has 0 unspecified atom stereocenters. The molecule has 144 valence electrons. The minimum atomic E-state index is -4.45. The van der Waals surface area contributed by atoms with Crippen molar-refractivity contribution in [2.24, 2.45) is 0 Å². The fourth-order valence-corrected chi connectivity index (χ4v) is 3.27. The van der Waals surface area contributed by atoms with Gasteiger partial charge in [0.1, 0.15) is 5.75 Å². The highest BCUT2D eigenvalue weighted by atomic mass is 19.4. The Morgan fingerprint density at radius 2 is 1.85 bits per heavy atom. The predicted molar refractivity (Wildman–Crippen MR) is 97.9 cm³/mol. The first kappa shape index (κ1) is 19.3. The van der Waals surface area contributed by atoms with Crippen molar-refractivity contribution < 1.29 is 22.7 Å². The van der Waals surface area contributed by atoms with Gasteiger partial charge in [0.2, 0.25) is 0 Å². The second kappa shape index (κ2) is 8.03. The number of ether oxygens (including phenoxy) is 1. The molecule has 0 saturated carbocycles. The van der Waals surface area contributed by atoms with Crippen LogP contribution >= 0.6 is 0 Å². The van der Waals surface area contributed by atoms with Gasteiger partial charge in [0, 0.05) is 5.69 Å². The highest BCUT2D eigenvalue weighted by molar-refractivity contribution is 5.94. The molecule has 0 bridgehead atoms. The lowest BCUT2D eigenvalue weighted by molar-refractivity contribution is -0.137. The second-order valence-electron chi connectivity index (χ2n) is 6.72. The van der Waals surface area contributed by atoms with Crippen molar-refractivity contribution in [2.75, 3.05) is 5.32 Å². The monoisotopic (exact) mass is 377 g/mol. The minimum Gasteiger partial charge on any atom is -0.481 e. The van der Waals surface area contributed by atoms with Crippen LogP contribution in [-0.2, 0) is 23.8 Å². The van der Waals surface area contributed by atoms with Crippen molar-refractivity contribution in [3.8, 4) is 5.75 Å². The number of anilines is 1. The average Bonchev–Trinajstić information content (AvgIpc) is 2.65. The molecule has 27 heavy (non-hydrogen) atoms. The quantitative estimate of drug-likeness (QED) is 0.760. The predicted octanol–water partition coefficient (Wildman–Crippen LogP) is 5.38. The first-order valence-electron chi connectivity index (χ1n) is 9.13. The van der Waals surface area contributed by atoms with Crippen molar-refractivity contribution in [3.05, 3.63) is 59.2 Å². The zero-order valence-corrected chi connectivity index (χ0v) is 15.1. The van der Waals surface area contributed by atoms with Gasteiger partial charge in [0.05, 0.1) is 5.56 Å². The molecular weight excluding hydrogens is 355 g/mol. The standard InChI is InChI=1S/C21H22F3NO2/c1-2-19(27-18-11-10-14-6-3-4-7-15(14)12-18)20(26)25-17-9-5-8-16(13-17)21(22,23)24/h5,8-13,19H,2-4,6-7H2,1H3,(H,25,26)/t19-/m1/s1. The van der Waals surface area contributed by atoms with E-state index in [9.17, 15) is 18.0 Å². The Bertz CT molecular complexity index is 817. The lowest BCUT2D eigenvalue weighted by atomic mass is 9.92. The van der Waals surface area contributed by atoms with Gasteiger partial charge in [-0.2, -0.15) is 13.2 Å². The molecule has 0 heterocycles. The number of hydrogen-bond acceptors (Lipinski definition) is 2. The van der Waals surface area contributed by atoms with Crippen molar-refractivity contribution in [1.29, 1.82) is 0 Å². The molecule has 1 N–H and O–H groups in total. The summed E-state index contributed by atoms with van der Waals surface area (Å²) in [6, 6.07) is 10.4. The average molecular weight is 377 g/mol. The largest absolute Gasteiger partial charge is 0.481 e. The zero-order chi connectivity index (χ0) is 19.4. The summed E-state index contributed by atoms with van der Waals surface area (Å²) in [6.45, 7) is 1.80. The van der Waals surface area contributed by atoms with Crippen LogP contribution in [0.25, 0.3) is 0 Å². The number of rotatable bonds is 5. The Balaban J connectivity index is 1.69. The number of hydrogen-bond donors (Lipinski definition) is 1. The summed E-state index contributed by atoms with van der Waals surface area (Å²) in [6.07, 6.45) is -0.440. The van der Waals surface area contributed by atoms with Gasteiger partial charge in [0.25, 0.3) is 5.91 Å². The third kappa shape index (κ3) is 4.81. The summed E-state index contributed by atoms with van der Waals surface area (Å²) in [5, 5.41) is 2.52. The van der Waals surface area contributed by atoms with Gasteiger partial charge >= 0.3 is 6.18 Å². The van der Waals surface area contributed by atoms with E-state index in [2.05, 4.69) is 5.32 Å². The Morgan fingerprint density at radius 3 is 2.56 bits per heavy atom. The van der Waals surface area contributed by atoms with E-state index in [4.69, 9.17) is 4.74 Å². The van der Waals surface area contributed by atoms with Crippen LogP contribution in [-0.4, -0.2) is 12.0 Å². The van der Waals surface area contributed by atoms with Crippen LogP contribution in [0.5, 0.6) is 5.75 Å². The Morgan fingerprint density at radius 1 is 1.11 bits per heavy atom. The van der Waals surface area contributed by atoms with E-state index in [0.717, 1.165) is 31.4 Å². The number of nitrogens with one attached hydrogen (secondary N) is 1. The molecule has 0 fully saturated rings. The highest BCUT2D eigenvalue weighted by Crippen LogP contribution is 2.31. The van der Waals surface area contributed by atoms with Crippen LogP contribution in [0.2, 0.25) is 0 Å². The number of benzene rings is 2. The first-order valence-corrected chi connectivity index (χ1v) is 9.13. The topological polar surface area (TPSA) is 38.3 Å². The van der Waals surface area contributed by atoms with E-state index in [-0.39, 0.29) is 5.69 Å². The van der Waals surface area contributed by atoms with Crippen LogP contribution in [0.15, 0.2) is 42.5 Å². The van der Waals surface area contributed by atoms with E-state index in [1.54, 1.807) is 6.92 Å². The fourth-order valence-electron chi connectivity index (χ4n) is 3.27. The summed E-state index contributed by atoms with van der Waals surface area (Å²) in [4.78, 5) is 12.5. The molecule has 0 radical (unpaired) electrons. The van der Waals surface area contributed by atoms with E-state index >= 15 is 0 Å². The molecule has 0 saturated heterocycles. The Labute approximate surface area is 156 Å². The van der Waals surface area contributed by atoms with Gasteiger partial charge in [-0.3, -0.25) is 4.79 Å². The lowest BCUT2D eigenvalue weighted by Gasteiger charge is -2.20. The maximum absolute atomic E-state index is 12.8. The summed E-state index contributed by atoms with van der Waals surface area (Å²) in [5.74, 6) is 0.149. The number of carbonyl (C=O) groups is 1. The Kier molecular flexibility index (Phi) is 5.73. The second-order valence-corrected chi connectivity index (χ2v) is 6.72. The smallest absolute Gasteiger partial charge is 0.416 e. The normalized spacial score (nSPS) is 15.0. The highest BCUT2D eigenvalue weighted by Gasteiger charge is 2.30. The van der Waals surface area contributed by atoms with Gasteiger partial charge in [0.15, 0.2) is 6.10 Å². The van der Waals surface area contributed by atoms with Crippen molar-refractivity contribution in [1.82, 2.24) is 0 Å². The van der Waals surface area contributed by atoms with Crippen LogP contribution in [0.1, 0.15) is 42.9 Å². The lowest BCUT2D eigenvalue weighted by Crippen LogP contribution is -2.32. The van der Waals surface area contributed by atoms with E-state index in [1.165, 1.54) is 29.7 Å². The molecule has 1 aliphatic rings. The fraction of sp³-hybridized carbons (Fsp3) is 0.381. The third-order valence-electron chi connectivity index (χ3n) is 4.72. The van der Waals surface area contributed by atoms with E-state index in [1.807, 2.05) is 18.2 Å². The molecule has 2 aromatic rings. The molecule has 3 nitrogen and oxygen atoms in total. The molecule has 0 aromatic heterocycles. The maximum Gasteiger partial charge on any atom is 0.416 e. The minimum absolute atomic E-state index is 0.0994. The summed E-state index contributed by atoms with van der Waals surface area (Å²) in [7, 11) is 0. The summed E-state index contributed by atoms with van der Waals surface area (Å²) in [5.41, 5.74) is 1.85. The van der Waals surface area contributed by atoms with Crippen LogP contribution < -0.4 is 10.1 Å². The van der Waals surface area contributed by atoms with Crippen molar-refractivity contribution in [2.45, 2.75) is 51.3 Å². The maximum atomic E-state index is 12.8. The summed E-state index contributed by atoms with van der Waals surface area (Å²) >= 11 is 0. The molecular formula is C21H22F3NO2. The summed E-state index contributed by atoms with van der Waals surface area (Å²) < 4.78 is 44.3. The molecule has 6 heteroatoms. The molecule has 3 rings (SSSR count). The number of halogens is 3. The Hall–Kier alpha value is -2.50. The first-order chi connectivity index (χ1) is 12.9. The van der Waals surface area contributed by atoms with Gasteiger partial charge in [-0.1, -0.05) is 19.1 Å². The van der Waals surface area contributed by atoms with Gasteiger partial charge < -0.3 is 10.1 Å². The van der Waals surface area contributed by atoms with E-state index in [0.29, 0.717) is 12.2 Å². The zero-order valence-electron chi connectivity index (χ0n) is 15.1. The number of fused-ring (bicyclic) bond motifs is 1. The molecule has 0 aliphatic heterocycles. The third-order valence-corrected chi connectivity index (χ3v) is 4.72. The van der Waals surface area contributed by atoms with Gasteiger partial charge in [-0.25, -0.2) is 0 Å².